The van der Waals surface area contributed by atoms with Gasteiger partial charge in [-0.2, -0.15) is 0 Å². The van der Waals surface area contributed by atoms with Crippen LogP contribution in [0.3, 0.4) is 0 Å². The number of hydrogen-bond donors (Lipinski definition) is 2. The number of aromatic nitrogens is 1. The van der Waals surface area contributed by atoms with Crippen LogP contribution in [-0.2, 0) is 14.4 Å². The SMILES string of the molecule is Cc1ccc(NC(=O)COc2ccc(Br)cc2[C@H]2c3sc(=O)[nH]c3SC3C4CC(C5C(=O)N(c6ccc(Br)cc6)C(=O)C45)C32)cc1. The van der Waals surface area contributed by atoms with Gasteiger partial charge in [-0.3, -0.25) is 24.1 Å². The summed E-state index contributed by atoms with van der Waals surface area (Å²) < 4.78 is 7.92. The van der Waals surface area contributed by atoms with Crippen molar-refractivity contribution in [2.75, 3.05) is 16.8 Å². The van der Waals surface area contributed by atoms with Crippen LogP contribution in [-0.4, -0.2) is 34.6 Å². The van der Waals surface area contributed by atoms with E-state index in [0.29, 0.717) is 17.1 Å². The van der Waals surface area contributed by atoms with Crippen molar-refractivity contribution in [1.82, 2.24) is 4.98 Å². The number of anilines is 2. The Labute approximate surface area is 289 Å². The molecular weight excluding hydrogens is 754 g/mol. The van der Waals surface area contributed by atoms with Crippen LogP contribution in [0.1, 0.15) is 28.3 Å². The molecule has 46 heavy (non-hydrogen) atoms. The van der Waals surface area contributed by atoms with Crippen LogP contribution in [0.15, 0.2) is 85.5 Å². The van der Waals surface area contributed by atoms with Crippen LogP contribution < -0.4 is 19.8 Å². The number of thiazole rings is 1. The zero-order valence-electron chi connectivity index (χ0n) is 24.4. The summed E-state index contributed by atoms with van der Waals surface area (Å²) in [5.74, 6) is -1.11. The second kappa shape index (κ2) is 11.5. The number of hydrogen-bond acceptors (Lipinski definition) is 7. The molecule has 2 aliphatic heterocycles. The Kier molecular flexibility index (Phi) is 7.54. The van der Waals surface area contributed by atoms with Crippen LogP contribution in [0.5, 0.6) is 5.75 Å². The minimum Gasteiger partial charge on any atom is -0.483 e. The number of rotatable bonds is 6. The van der Waals surface area contributed by atoms with Crippen molar-refractivity contribution in [3.8, 4) is 5.75 Å². The zero-order chi connectivity index (χ0) is 31.9. The molecule has 3 heterocycles. The Morgan fingerprint density at radius 3 is 2.39 bits per heavy atom. The van der Waals surface area contributed by atoms with Crippen molar-refractivity contribution in [2.24, 2.45) is 29.6 Å². The van der Waals surface area contributed by atoms with Gasteiger partial charge in [-0.25, -0.2) is 0 Å². The topological polar surface area (TPSA) is 109 Å². The monoisotopic (exact) mass is 779 g/mol. The second-order valence-corrected chi connectivity index (χ2v) is 16.4. The standard InChI is InChI=1S/C34H27Br2N3O5S2/c1-15-2-7-18(8-3-15)37-24(40)14-44-23-11-6-17(36)12-20(23)25-26-21-13-22(29(26)45-31-30(25)46-34(43)38-31)28-27(21)32(41)39(33(28)42)19-9-4-16(35)5-10-19/h2-12,21-22,25-29H,13-14H2,1H3,(H,37,40)(H,38,43)/t21?,22?,25-,26?,27?,28?,29?/m1/s1. The highest BCUT2D eigenvalue weighted by Gasteiger charge is 2.69. The zero-order valence-corrected chi connectivity index (χ0v) is 29.2. The van der Waals surface area contributed by atoms with Crippen LogP contribution in [0.2, 0.25) is 0 Å². The summed E-state index contributed by atoms with van der Waals surface area (Å²) in [7, 11) is 0. The number of thioether (sulfide) groups is 1. The van der Waals surface area contributed by atoms with E-state index in [1.165, 1.54) is 16.2 Å². The van der Waals surface area contributed by atoms with Gasteiger partial charge in [-0.15, -0.1) is 11.8 Å². The van der Waals surface area contributed by atoms with Gasteiger partial charge in [-0.1, -0.05) is 60.9 Å². The molecule has 2 aliphatic carbocycles. The van der Waals surface area contributed by atoms with E-state index in [1.807, 2.05) is 61.5 Å². The largest absolute Gasteiger partial charge is 0.483 e. The predicted octanol–water partition coefficient (Wildman–Crippen LogP) is 6.97. The van der Waals surface area contributed by atoms with E-state index in [1.54, 1.807) is 23.9 Å². The molecule has 0 spiro atoms. The van der Waals surface area contributed by atoms with Crippen molar-refractivity contribution in [3.05, 3.63) is 101 Å². The smallest absolute Gasteiger partial charge is 0.305 e. The molecule has 1 saturated heterocycles. The highest BCUT2D eigenvalue weighted by atomic mass is 79.9. The number of fused-ring (bicyclic) bond motifs is 9. The first-order chi connectivity index (χ1) is 22.2. The third-order valence-corrected chi connectivity index (χ3v) is 13.4. The number of aromatic amines is 1. The fourth-order valence-corrected chi connectivity index (χ4v) is 11.6. The summed E-state index contributed by atoms with van der Waals surface area (Å²) in [5.41, 5.74) is 3.23. The van der Waals surface area contributed by atoms with Crippen LogP contribution in [0.25, 0.3) is 0 Å². The number of carbonyl (C=O) groups excluding carboxylic acids is 3. The third-order valence-electron chi connectivity index (χ3n) is 9.81. The summed E-state index contributed by atoms with van der Waals surface area (Å²) in [4.78, 5) is 58.8. The van der Waals surface area contributed by atoms with Gasteiger partial charge in [0, 0.05) is 36.2 Å². The van der Waals surface area contributed by atoms with Crippen molar-refractivity contribution in [3.63, 3.8) is 0 Å². The van der Waals surface area contributed by atoms with E-state index >= 15 is 0 Å². The molecule has 8 nitrogen and oxygen atoms in total. The van der Waals surface area contributed by atoms with Crippen LogP contribution >= 0.6 is 55.0 Å². The number of halogens is 2. The van der Waals surface area contributed by atoms with E-state index in [0.717, 1.165) is 36.4 Å². The molecule has 234 valence electrons. The minimum absolute atomic E-state index is 0.00208. The van der Waals surface area contributed by atoms with Gasteiger partial charge >= 0.3 is 4.87 Å². The number of aryl methyl sites for hydroxylation is 1. The summed E-state index contributed by atoms with van der Waals surface area (Å²) >= 11 is 9.91. The van der Waals surface area contributed by atoms with Gasteiger partial charge in [0.2, 0.25) is 11.8 Å². The average Bonchev–Trinajstić information content (AvgIpc) is 3.77. The van der Waals surface area contributed by atoms with Crippen molar-refractivity contribution < 1.29 is 19.1 Å². The van der Waals surface area contributed by atoms with E-state index in [9.17, 15) is 19.2 Å². The number of amides is 3. The fraction of sp³-hybridized carbons (Fsp3) is 0.294. The summed E-state index contributed by atoms with van der Waals surface area (Å²) in [6, 6.07) is 20.6. The lowest BCUT2D eigenvalue weighted by atomic mass is 9.68. The maximum absolute atomic E-state index is 14.1. The highest BCUT2D eigenvalue weighted by Crippen LogP contribution is 2.69. The molecule has 2 saturated carbocycles. The molecule has 4 aliphatic rings. The van der Waals surface area contributed by atoms with Crippen molar-refractivity contribution in [2.45, 2.75) is 29.5 Å². The molecule has 4 aromatic rings. The molecule has 7 atom stereocenters. The molecule has 6 unspecified atom stereocenters. The van der Waals surface area contributed by atoms with E-state index < -0.39 is 5.92 Å². The molecule has 2 bridgehead atoms. The van der Waals surface area contributed by atoms with Gasteiger partial charge in [0.05, 0.1) is 22.5 Å². The maximum atomic E-state index is 14.1. The van der Waals surface area contributed by atoms with E-state index in [-0.39, 0.29) is 64.0 Å². The fourth-order valence-electron chi connectivity index (χ4n) is 8.08. The number of imide groups is 1. The molecule has 1 aromatic heterocycles. The van der Waals surface area contributed by atoms with Gasteiger partial charge < -0.3 is 15.0 Å². The Bertz CT molecular complexity index is 1960. The molecule has 3 fully saturated rings. The molecular formula is C34H27Br2N3O5S2. The third kappa shape index (κ3) is 4.91. The normalized spacial score (nSPS) is 27.4. The lowest BCUT2D eigenvalue weighted by Gasteiger charge is -2.43. The number of H-pyrrole nitrogens is 1. The summed E-state index contributed by atoms with van der Waals surface area (Å²) in [5, 5.41) is 3.73. The summed E-state index contributed by atoms with van der Waals surface area (Å²) in [6.45, 7) is 1.79. The van der Waals surface area contributed by atoms with Crippen molar-refractivity contribution in [1.29, 1.82) is 0 Å². The lowest BCUT2D eigenvalue weighted by molar-refractivity contribution is -0.123. The predicted molar refractivity (Wildman–Crippen MR) is 185 cm³/mol. The number of nitrogens with one attached hydrogen (secondary N) is 2. The second-order valence-electron chi connectivity index (χ2n) is 12.3. The van der Waals surface area contributed by atoms with Crippen LogP contribution in [0.4, 0.5) is 11.4 Å². The molecule has 3 aromatic carbocycles. The Hall–Kier alpha value is -3.19. The lowest BCUT2D eigenvalue weighted by Crippen LogP contribution is -2.42. The molecule has 12 heteroatoms. The first kappa shape index (κ1) is 30.2. The van der Waals surface area contributed by atoms with Gasteiger partial charge in [-0.05, 0) is 85.7 Å². The molecule has 2 N–H and O–H groups in total. The Morgan fingerprint density at radius 1 is 0.957 bits per heavy atom. The van der Waals surface area contributed by atoms with E-state index in [2.05, 4.69) is 42.2 Å². The van der Waals surface area contributed by atoms with Crippen LogP contribution in [0, 0.1) is 36.5 Å². The number of carbonyl (C=O) groups is 3. The van der Waals surface area contributed by atoms with Crippen molar-refractivity contribution >= 4 is 84.1 Å². The highest BCUT2D eigenvalue weighted by molar-refractivity contribution is 9.10. The first-order valence-corrected chi connectivity index (χ1v) is 18.3. The van der Waals surface area contributed by atoms with Gasteiger partial charge in [0.25, 0.3) is 5.91 Å². The maximum Gasteiger partial charge on any atom is 0.305 e. The number of nitrogens with zero attached hydrogens (tertiary/aromatic N) is 1. The van der Waals surface area contributed by atoms with Gasteiger partial charge in [0.15, 0.2) is 6.61 Å². The first-order valence-electron chi connectivity index (χ1n) is 15.0. The minimum atomic E-state index is -0.417. The number of benzene rings is 3. The average molecular weight is 782 g/mol. The molecule has 8 rings (SSSR count). The van der Waals surface area contributed by atoms with E-state index in [4.69, 9.17) is 4.74 Å². The van der Waals surface area contributed by atoms with Gasteiger partial charge in [0.1, 0.15) is 5.75 Å². The molecule has 3 amide bonds. The molecule has 0 radical (unpaired) electrons. The summed E-state index contributed by atoms with van der Waals surface area (Å²) in [6.07, 6.45) is 0.780. The Morgan fingerprint density at radius 2 is 1.65 bits per heavy atom. The quantitative estimate of drug-likeness (QED) is 0.205. The Balaban J connectivity index is 1.14. The number of ether oxygens (including phenoxy) is 1.